The van der Waals surface area contributed by atoms with Crippen LogP contribution < -0.4 is 9.47 Å². The number of carboxylic acid groups (broad SMARTS) is 1. The second-order valence-corrected chi connectivity index (χ2v) is 7.30. The summed E-state index contributed by atoms with van der Waals surface area (Å²) in [6, 6.07) is 23.2. The average molecular weight is 434 g/mol. The molecule has 0 bridgehead atoms. The molecule has 0 saturated heterocycles. The van der Waals surface area contributed by atoms with Gasteiger partial charge in [-0.25, -0.2) is 0 Å². The van der Waals surface area contributed by atoms with Crippen molar-refractivity contribution in [1.29, 1.82) is 0 Å². The van der Waals surface area contributed by atoms with Crippen LogP contribution in [0.4, 0.5) is 0 Å². The molecule has 0 fully saturated rings. The smallest absolute Gasteiger partial charge is 0.303 e. The van der Waals surface area contributed by atoms with Gasteiger partial charge in [-0.15, -0.1) is 0 Å². The fourth-order valence-corrected chi connectivity index (χ4v) is 3.18. The van der Waals surface area contributed by atoms with Crippen LogP contribution in [0.3, 0.4) is 0 Å². The van der Waals surface area contributed by atoms with Gasteiger partial charge < -0.3 is 19.4 Å². The summed E-state index contributed by atoms with van der Waals surface area (Å²) in [5.74, 6) is 0.719. The van der Waals surface area contributed by atoms with E-state index in [4.69, 9.17) is 19.4 Å². The van der Waals surface area contributed by atoms with Crippen LogP contribution in [0.15, 0.2) is 78.0 Å². The third-order valence-corrected chi connectivity index (χ3v) is 4.87. The zero-order chi connectivity index (χ0) is 22.8. The summed E-state index contributed by atoms with van der Waals surface area (Å²) >= 11 is 0. The molecule has 0 aliphatic rings. The van der Waals surface area contributed by atoms with Crippen LogP contribution in [0, 0.1) is 6.92 Å². The van der Waals surface area contributed by atoms with Gasteiger partial charge in [0.05, 0.1) is 0 Å². The molecule has 0 unspecified atom stereocenters. The summed E-state index contributed by atoms with van der Waals surface area (Å²) in [5.41, 5.74) is 4.67. The Morgan fingerprint density at radius 3 is 2.31 bits per heavy atom. The van der Waals surface area contributed by atoms with Crippen LogP contribution in [-0.4, -0.2) is 30.5 Å². The molecule has 0 saturated carbocycles. The van der Waals surface area contributed by atoms with Crippen LogP contribution in [0.25, 0.3) is 0 Å². The minimum Gasteiger partial charge on any atom is -0.489 e. The van der Waals surface area contributed by atoms with E-state index in [1.54, 1.807) is 0 Å². The Bertz CT molecular complexity index is 1050. The monoisotopic (exact) mass is 433 g/mol. The SMILES string of the molecule is CO/N=C(\COc1ccc(COc2ccc(CCC(=O)O)cc2)cc1C)c1ccccc1. The number of aliphatic carboxylic acids is 1. The van der Waals surface area contributed by atoms with Crippen LogP contribution in [-0.2, 0) is 22.7 Å². The largest absolute Gasteiger partial charge is 0.489 e. The Hall–Kier alpha value is -3.80. The van der Waals surface area contributed by atoms with E-state index >= 15 is 0 Å². The first-order valence-corrected chi connectivity index (χ1v) is 10.4. The second kappa shape index (κ2) is 11.6. The number of oxime groups is 1. The maximum Gasteiger partial charge on any atom is 0.303 e. The number of nitrogens with zero attached hydrogens (tertiary/aromatic N) is 1. The lowest BCUT2D eigenvalue weighted by atomic mass is 10.1. The van der Waals surface area contributed by atoms with Crippen molar-refractivity contribution in [1.82, 2.24) is 0 Å². The number of hydrogen-bond donors (Lipinski definition) is 1. The zero-order valence-electron chi connectivity index (χ0n) is 18.3. The standard InChI is InChI=1S/C26H27NO5/c1-19-16-21(17-31-23-12-8-20(9-13-23)11-15-26(28)29)10-14-25(19)32-18-24(27-30-2)22-6-4-3-5-7-22/h3-10,12-14,16H,11,15,17-18H2,1-2H3,(H,28,29)/b27-24+. The first kappa shape index (κ1) is 22.9. The highest BCUT2D eigenvalue weighted by Crippen LogP contribution is 2.21. The lowest BCUT2D eigenvalue weighted by Crippen LogP contribution is -2.14. The second-order valence-electron chi connectivity index (χ2n) is 7.30. The number of hydrogen-bond acceptors (Lipinski definition) is 5. The lowest BCUT2D eigenvalue weighted by Gasteiger charge is -2.13. The summed E-state index contributed by atoms with van der Waals surface area (Å²) in [6.07, 6.45) is 0.634. The number of rotatable bonds is 11. The Morgan fingerprint density at radius 2 is 1.66 bits per heavy atom. The molecule has 3 rings (SSSR count). The molecule has 0 aliphatic heterocycles. The molecule has 32 heavy (non-hydrogen) atoms. The van der Waals surface area contributed by atoms with E-state index in [9.17, 15) is 4.79 Å². The van der Waals surface area contributed by atoms with Crippen molar-refractivity contribution in [3.8, 4) is 11.5 Å². The van der Waals surface area contributed by atoms with Gasteiger partial charge in [-0.2, -0.15) is 0 Å². The first-order chi connectivity index (χ1) is 15.5. The maximum atomic E-state index is 10.7. The van der Waals surface area contributed by atoms with E-state index in [0.29, 0.717) is 25.3 Å². The zero-order valence-corrected chi connectivity index (χ0v) is 18.3. The van der Waals surface area contributed by atoms with Gasteiger partial charge in [-0.05, 0) is 54.3 Å². The van der Waals surface area contributed by atoms with Crippen molar-refractivity contribution in [3.05, 3.63) is 95.1 Å². The quantitative estimate of drug-likeness (QED) is 0.339. The third-order valence-electron chi connectivity index (χ3n) is 4.87. The number of aryl methyl sites for hydroxylation is 2. The molecule has 0 aromatic heterocycles. The predicted octanol–water partition coefficient (Wildman–Crippen LogP) is 5.02. The van der Waals surface area contributed by atoms with Gasteiger partial charge in [-0.3, -0.25) is 4.79 Å². The molecule has 166 valence electrons. The van der Waals surface area contributed by atoms with Crippen molar-refractivity contribution in [3.63, 3.8) is 0 Å². The molecule has 3 aromatic rings. The van der Waals surface area contributed by atoms with Crippen molar-refractivity contribution in [2.45, 2.75) is 26.4 Å². The number of carbonyl (C=O) groups is 1. The molecular formula is C26H27NO5. The fourth-order valence-electron chi connectivity index (χ4n) is 3.18. The highest BCUT2D eigenvalue weighted by Gasteiger charge is 2.08. The Kier molecular flexibility index (Phi) is 8.26. The molecule has 6 heteroatoms. The maximum absolute atomic E-state index is 10.7. The molecule has 0 heterocycles. The normalized spacial score (nSPS) is 11.1. The topological polar surface area (TPSA) is 77.3 Å². The summed E-state index contributed by atoms with van der Waals surface area (Å²) in [5, 5.41) is 12.9. The van der Waals surface area contributed by atoms with Crippen LogP contribution in [0.1, 0.15) is 28.7 Å². The van der Waals surface area contributed by atoms with Gasteiger partial charge in [0.15, 0.2) is 0 Å². The van der Waals surface area contributed by atoms with E-state index < -0.39 is 5.97 Å². The highest BCUT2D eigenvalue weighted by atomic mass is 16.6. The minimum absolute atomic E-state index is 0.123. The van der Waals surface area contributed by atoms with Gasteiger partial charge in [0.1, 0.15) is 37.5 Å². The van der Waals surface area contributed by atoms with Crippen molar-refractivity contribution in [2.75, 3.05) is 13.7 Å². The predicted molar refractivity (Wildman–Crippen MR) is 123 cm³/mol. The number of ether oxygens (including phenoxy) is 2. The van der Waals surface area contributed by atoms with Gasteiger partial charge >= 0.3 is 5.97 Å². The lowest BCUT2D eigenvalue weighted by molar-refractivity contribution is -0.136. The van der Waals surface area contributed by atoms with Gasteiger partial charge in [0.2, 0.25) is 0 Å². The van der Waals surface area contributed by atoms with E-state index in [0.717, 1.165) is 33.8 Å². The molecule has 0 spiro atoms. The van der Waals surface area contributed by atoms with Crippen LogP contribution in [0.5, 0.6) is 11.5 Å². The average Bonchev–Trinajstić information content (AvgIpc) is 2.81. The molecule has 0 radical (unpaired) electrons. The summed E-state index contributed by atoms with van der Waals surface area (Å²) < 4.78 is 11.8. The summed E-state index contributed by atoms with van der Waals surface area (Å²) in [7, 11) is 1.52. The van der Waals surface area contributed by atoms with E-state index in [2.05, 4.69) is 5.16 Å². The van der Waals surface area contributed by atoms with Gasteiger partial charge in [-0.1, -0.05) is 53.7 Å². The molecule has 0 atom stereocenters. The number of benzene rings is 3. The van der Waals surface area contributed by atoms with Crippen molar-refractivity contribution < 1.29 is 24.2 Å². The Morgan fingerprint density at radius 1 is 0.938 bits per heavy atom. The fraction of sp³-hybridized carbons (Fsp3) is 0.231. The molecule has 0 amide bonds. The molecular weight excluding hydrogens is 406 g/mol. The molecule has 0 aliphatic carbocycles. The number of carboxylic acids is 1. The molecule has 3 aromatic carbocycles. The minimum atomic E-state index is -0.796. The van der Waals surface area contributed by atoms with Gasteiger partial charge in [0, 0.05) is 12.0 Å². The highest BCUT2D eigenvalue weighted by molar-refractivity contribution is 6.01. The van der Waals surface area contributed by atoms with E-state index in [-0.39, 0.29) is 6.42 Å². The summed E-state index contributed by atoms with van der Waals surface area (Å²) in [4.78, 5) is 15.6. The van der Waals surface area contributed by atoms with Crippen molar-refractivity contribution >= 4 is 11.7 Å². The third kappa shape index (κ3) is 6.87. The van der Waals surface area contributed by atoms with Crippen molar-refractivity contribution in [2.24, 2.45) is 5.16 Å². The molecule has 6 nitrogen and oxygen atoms in total. The van der Waals surface area contributed by atoms with E-state index in [1.165, 1.54) is 7.11 Å². The van der Waals surface area contributed by atoms with Gasteiger partial charge in [0.25, 0.3) is 0 Å². The Balaban J connectivity index is 1.55. The first-order valence-electron chi connectivity index (χ1n) is 10.4. The molecule has 1 N–H and O–H groups in total. The van der Waals surface area contributed by atoms with E-state index in [1.807, 2.05) is 79.7 Å². The van der Waals surface area contributed by atoms with Crippen LogP contribution in [0.2, 0.25) is 0 Å². The Labute approximate surface area is 188 Å². The summed E-state index contributed by atoms with van der Waals surface area (Å²) in [6.45, 7) is 2.71. The van der Waals surface area contributed by atoms with Crippen LogP contribution >= 0.6 is 0 Å².